The lowest BCUT2D eigenvalue weighted by molar-refractivity contribution is 0.0949. The summed E-state index contributed by atoms with van der Waals surface area (Å²) in [5.41, 5.74) is 1.59. The van der Waals surface area contributed by atoms with Gasteiger partial charge in [0.25, 0.3) is 5.91 Å². The monoisotopic (exact) mass is 246 g/mol. The molecule has 1 aliphatic rings. The van der Waals surface area contributed by atoms with Gasteiger partial charge in [0.1, 0.15) is 5.69 Å². The highest BCUT2D eigenvalue weighted by Crippen LogP contribution is 2.19. The molecule has 0 fully saturated rings. The van der Waals surface area contributed by atoms with E-state index in [9.17, 15) is 9.59 Å². The number of allylic oxidation sites excluding steroid dienone is 1. The van der Waals surface area contributed by atoms with Gasteiger partial charge >= 0.3 is 0 Å². The molecule has 0 saturated carbocycles. The number of nitrogens with one attached hydrogen (secondary N) is 2. The van der Waals surface area contributed by atoms with Crippen LogP contribution in [0.1, 0.15) is 42.6 Å². The van der Waals surface area contributed by atoms with E-state index in [1.165, 1.54) is 36.7 Å². The number of hydrogen-bond acceptors (Lipinski definition) is 2. The summed E-state index contributed by atoms with van der Waals surface area (Å²) in [5.74, 6) is -0.218. The Hall–Kier alpha value is -1.84. The third-order valence-electron chi connectivity index (χ3n) is 3.13. The lowest BCUT2D eigenvalue weighted by atomic mass is 9.97. The molecule has 0 unspecified atom stereocenters. The fourth-order valence-corrected chi connectivity index (χ4v) is 2.14. The van der Waals surface area contributed by atoms with E-state index in [0.29, 0.717) is 12.2 Å². The maximum atomic E-state index is 11.7. The molecule has 2 rings (SSSR count). The van der Waals surface area contributed by atoms with Crippen LogP contribution in [-0.2, 0) is 0 Å². The highest BCUT2D eigenvalue weighted by Gasteiger charge is 2.07. The van der Waals surface area contributed by atoms with Crippen molar-refractivity contribution in [3.05, 3.63) is 45.9 Å². The molecule has 4 heteroatoms. The summed E-state index contributed by atoms with van der Waals surface area (Å²) in [6.07, 6.45) is 9.52. The fourth-order valence-electron chi connectivity index (χ4n) is 2.14. The van der Waals surface area contributed by atoms with Crippen molar-refractivity contribution >= 4 is 5.91 Å². The number of carbonyl (C=O) groups excluding carboxylic acids is 1. The molecule has 0 bridgehead atoms. The Kier molecular flexibility index (Phi) is 4.34. The van der Waals surface area contributed by atoms with Crippen LogP contribution < -0.4 is 10.7 Å². The van der Waals surface area contributed by atoms with Crippen molar-refractivity contribution in [1.82, 2.24) is 10.3 Å². The maximum Gasteiger partial charge on any atom is 0.267 e. The molecule has 0 radical (unpaired) electrons. The van der Waals surface area contributed by atoms with Crippen LogP contribution >= 0.6 is 0 Å². The average Bonchev–Trinajstić information content (AvgIpc) is 2.40. The molecule has 0 aromatic carbocycles. The standard InChI is InChI=1S/C14H18N2O2/c17-12-7-9-15-13(10-12)14(18)16-8-6-11-4-2-1-3-5-11/h4,7,9-10H,1-3,5-6,8H2,(H,15,17)(H,16,18). The van der Waals surface area contributed by atoms with Crippen LogP contribution in [-0.4, -0.2) is 17.4 Å². The normalized spacial score (nSPS) is 15.0. The van der Waals surface area contributed by atoms with E-state index in [0.717, 1.165) is 19.3 Å². The molecule has 2 N–H and O–H groups in total. The molecule has 18 heavy (non-hydrogen) atoms. The molecule has 1 aliphatic carbocycles. The third-order valence-corrected chi connectivity index (χ3v) is 3.13. The second-order valence-electron chi connectivity index (χ2n) is 4.55. The van der Waals surface area contributed by atoms with Gasteiger partial charge in [-0.05, 0) is 32.1 Å². The Balaban J connectivity index is 1.81. The van der Waals surface area contributed by atoms with Gasteiger partial charge in [0, 0.05) is 24.9 Å². The van der Waals surface area contributed by atoms with Crippen molar-refractivity contribution in [3.63, 3.8) is 0 Å². The Morgan fingerprint density at radius 3 is 3.00 bits per heavy atom. The van der Waals surface area contributed by atoms with Crippen LogP contribution in [0.25, 0.3) is 0 Å². The third kappa shape index (κ3) is 3.58. The second-order valence-corrected chi connectivity index (χ2v) is 4.55. The van der Waals surface area contributed by atoms with Crippen molar-refractivity contribution in [3.8, 4) is 0 Å². The van der Waals surface area contributed by atoms with Crippen LogP contribution in [0.15, 0.2) is 34.8 Å². The quantitative estimate of drug-likeness (QED) is 0.798. The zero-order valence-corrected chi connectivity index (χ0v) is 10.4. The van der Waals surface area contributed by atoms with E-state index in [1.807, 2.05) is 0 Å². The van der Waals surface area contributed by atoms with Gasteiger partial charge in [-0.1, -0.05) is 11.6 Å². The van der Waals surface area contributed by atoms with Crippen LogP contribution in [0.2, 0.25) is 0 Å². The average molecular weight is 246 g/mol. The molecule has 0 atom stereocenters. The van der Waals surface area contributed by atoms with E-state index in [1.54, 1.807) is 0 Å². The summed E-state index contributed by atoms with van der Waals surface area (Å²) in [5, 5.41) is 2.82. The van der Waals surface area contributed by atoms with Crippen LogP contribution in [0, 0.1) is 0 Å². The minimum Gasteiger partial charge on any atom is -0.357 e. The number of hydrogen-bond donors (Lipinski definition) is 2. The first-order valence-electron chi connectivity index (χ1n) is 6.40. The van der Waals surface area contributed by atoms with Gasteiger partial charge in [0.2, 0.25) is 0 Å². The van der Waals surface area contributed by atoms with Crippen LogP contribution in [0.5, 0.6) is 0 Å². The second kappa shape index (κ2) is 6.19. The topological polar surface area (TPSA) is 62.0 Å². The lowest BCUT2D eigenvalue weighted by Gasteiger charge is -2.12. The summed E-state index contributed by atoms with van der Waals surface area (Å²) < 4.78 is 0. The maximum absolute atomic E-state index is 11.7. The number of aromatic nitrogens is 1. The molecular weight excluding hydrogens is 228 g/mol. The molecule has 1 amide bonds. The van der Waals surface area contributed by atoms with Gasteiger partial charge in [-0.3, -0.25) is 9.59 Å². The Morgan fingerprint density at radius 2 is 2.28 bits per heavy atom. The zero-order valence-electron chi connectivity index (χ0n) is 10.4. The minimum atomic E-state index is -0.218. The highest BCUT2D eigenvalue weighted by molar-refractivity contribution is 5.92. The molecule has 4 nitrogen and oxygen atoms in total. The molecule has 0 aliphatic heterocycles. The van der Waals surface area contributed by atoms with Gasteiger partial charge in [-0.25, -0.2) is 0 Å². The smallest absolute Gasteiger partial charge is 0.267 e. The van der Waals surface area contributed by atoms with E-state index in [-0.39, 0.29) is 11.3 Å². The van der Waals surface area contributed by atoms with Gasteiger partial charge in [0.05, 0.1) is 0 Å². The number of carbonyl (C=O) groups is 1. The first kappa shape index (κ1) is 12.6. The molecule has 1 aromatic heterocycles. The van der Waals surface area contributed by atoms with Crippen molar-refractivity contribution in [2.45, 2.75) is 32.1 Å². The number of amides is 1. The summed E-state index contributed by atoms with van der Waals surface area (Å²) in [6, 6.07) is 2.71. The largest absolute Gasteiger partial charge is 0.357 e. The van der Waals surface area contributed by atoms with Gasteiger partial charge in [-0.15, -0.1) is 0 Å². The van der Waals surface area contributed by atoms with Crippen LogP contribution in [0.4, 0.5) is 0 Å². The molecule has 96 valence electrons. The van der Waals surface area contributed by atoms with Gasteiger partial charge in [0.15, 0.2) is 5.43 Å². The summed E-state index contributed by atoms with van der Waals surface area (Å²) in [7, 11) is 0. The summed E-state index contributed by atoms with van der Waals surface area (Å²) in [6.45, 7) is 0.627. The van der Waals surface area contributed by atoms with E-state index >= 15 is 0 Å². The van der Waals surface area contributed by atoms with Gasteiger partial charge in [-0.2, -0.15) is 0 Å². The number of pyridine rings is 1. The van der Waals surface area contributed by atoms with Crippen LogP contribution in [0.3, 0.4) is 0 Å². The predicted molar refractivity (Wildman–Crippen MR) is 70.6 cm³/mol. The Bertz CT molecular complexity index is 503. The molecule has 1 heterocycles. The summed E-state index contributed by atoms with van der Waals surface area (Å²) in [4.78, 5) is 25.6. The lowest BCUT2D eigenvalue weighted by Crippen LogP contribution is -2.26. The summed E-state index contributed by atoms with van der Waals surface area (Å²) >= 11 is 0. The van der Waals surface area contributed by atoms with E-state index < -0.39 is 0 Å². The number of rotatable bonds is 4. The van der Waals surface area contributed by atoms with E-state index in [2.05, 4.69) is 16.4 Å². The minimum absolute atomic E-state index is 0.158. The first-order chi connectivity index (χ1) is 8.75. The molecular formula is C14H18N2O2. The van der Waals surface area contributed by atoms with E-state index in [4.69, 9.17) is 0 Å². The SMILES string of the molecule is O=C(NCCC1=CCCCC1)c1cc(=O)cc[nH]1. The fraction of sp³-hybridized carbons (Fsp3) is 0.429. The molecule has 0 spiro atoms. The number of aromatic amines is 1. The predicted octanol–water partition coefficient (Wildman–Crippen LogP) is 2.00. The van der Waals surface area contributed by atoms with Crippen molar-refractivity contribution in [1.29, 1.82) is 0 Å². The molecule has 0 saturated heterocycles. The Morgan fingerprint density at radius 1 is 1.39 bits per heavy atom. The first-order valence-corrected chi connectivity index (χ1v) is 6.40. The van der Waals surface area contributed by atoms with Crippen molar-refractivity contribution in [2.24, 2.45) is 0 Å². The van der Waals surface area contributed by atoms with Crippen molar-refractivity contribution in [2.75, 3.05) is 6.54 Å². The van der Waals surface area contributed by atoms with Gasteiger partial charge < -0.3 is 10.3 Å². The molecule has 1 aromatic rings. The Labute approximate surface area is 106 Å². The number of H-pyrrole nitrogens is 1. The zero-order chi connectivity index (χ0) is 12.8. The van der Waals surface area contributed by atoms with Crippen molar-refractivity contribution < 1.29 is 4.79 Å². The highest BCUT2D eigenvalue weighted by atomic mass is 16.2.